The molecule has 5 nitrogen and oxygen atoms in total. The molecule has 0 heterocycles. The molecule has 0 fully saturated rings. The molecule has 0 unspecified atom stereocenters. The molecule has 0 aliphatic carbocycles. The predicted molar refractivity (Wildman–Crippen MR) is 84.5 cm³/mol. The van der Waals surface area contributed by atoms with Gasteiger partial charge in [0.25, 0.3) is 0 Å². The van der Waals surface area contributed by atoms with E-state index in [9.17, 15) is 9.59 Å². The topological polar surface area (TPSA) is 64.6 Å². The molecule has 1 aromatic carbocycles. The molecule has 0 radical (unpaired) electrons. The minimum absolute atomic E-state index is 0.0546. The summed E-state index contributed by atoms with van der Waals surface area (Å²) in [4.78, 5) is 23.1. The number of nitrogens with one attached hydrogen (secondary N) is 1. The Balaban J connectivity index is 2.66. The standard InChI is InChI=1S/C17H23NO4/c1-5-15(19)21-12-14(11-13-9-7-6-8-10-13)18-16(20)22-17(2,3)4/h5-10,14H,1,11-12H2,2-4H3,(H,18,20)/t14-/m0/s1. The maximum Gasteiger partial charge on any atom is 0.408 e. The minimum atomic E-state index is -0.584. The Bertz CT molecular complexity index is 505. The Hall–Kier alpha value is -2.30. The van der Waals surface area contributed by atoms with Crippen LogP contribution in [-0.2, 0) is 20.7 Å². The molecular formula is C17H23NO4. The first kappa shape index (κ1) is 17.8. The molecule has 0 aliphatic rings. The predicted octanol–water partition coefficient (Wildman–Crippen LogP) is 2.85. The summed E-state index contributed by atoms with van der Waals surface area (Å²) >= 11 is 0. The second-order valence-electron chi connectivity index (χ2n) is 5.87. The molecule has 1 atom stereocenters. The van der Waals surface area contributed by atoms with Crippen molar-refractivity contribution in [3.8, 4) is 0 Å². The van der Waals surface area contributed by atoms with Crippen molar-refractivity contribution >= 4 is 12.1 Å². The van der Waals surface area contributed by atoms with Gasteiger partial charge in [-0.15, -0.1) is 0 Å². The first-order chi connectivity index (χ1) is 10.3. The van der Waals surface area contributed by atoms with Crippen LogP contribution in [0.5, 0.6) is 0 Å². The van der Waals surface area contributed by atoms with Gasteiger partial charge in [0.2, 0.25) is 0 Å². The van der Waals surface area contributed by atoms with Crippen LogP contribution in [0.3, 0.4) is 0 Å². The monoisotopic (exact) mass is 305 g/mol. The summed E-state index contributed by atoms with van der Waals surface area (Å²) in [6.45, 7) is 8.76. The van der Waals surface area contributed by atoms with Gasteiger partial charge in [0, 0.05) is 6.08 Å². The number of carbonyl (C=O) groups excluding carboxylic acids is 2. The van der Waals surface area contributed by atoms with Crippen molar-refractivity contribution in [2.45, 2.75) is 38.8 Å². The molecule has 1 aromatic rings. The van der Waals surface area contributed by atoms with Crippen molar-refractivity contribution in [2.75, 3.05) is 6.61 Å². The molecule has 1 rings (SSSR count). The van der Waals surface area contributed by atoms with E-state index in [1.54, 1.807) is 20.8 Å². The highest BCUT2D eigenvalue weighted by Crippen LogP contribution is 2.09. The number of amides is 1. The lowest BCUT2D eigenvalue weighted by Crippen LogP contribution is -2.43. The van der Waals surface area contributed by atoms with E-state index < -0.39 is 17.7 Å². The number of hydrogen-bond acceptors (Lipinski definition) is 4. The van der Waals surface area contributed by atoms with E-state index in [2.05, 4.69) is 11.9 Å². The molecule has 0 spiro atoms. The smallest absolute Gasteiger partial charge is 0.408 e. The van der Waals surface area contributed by atoms with Crippen molar-refractivity contribution < 1.29 is 19.1 Å². The van der Waals surface area contributed by atoms with Gasteiger partial charge >= 0.3 is 12.1 Å². The number of esters is 1. The summed E-state index contributed by atoms with van der Waals surface area (Å²) in [5, 5.41) is 2.73. The molecule has 1 N–H and O–H groups in total. The van der Waals surface area contributed by atoms with Gasteiger partial charge in [-0.3, -0.25) is 0 Å². The number of benzene rings is 1. The molecular weight excluding hydrogens is 282 g/mol. The zero-order valence-corrected chi connectivity index (χ0v) is 13.3. The van der Waals surface area contributed by atoms with Crippen molar-refractivity contribution in [1.82, 2.24) is 5.32 Å². The second-order valence-corrected chi connectivity index (χ2v) is 5.87. The number of rotatable bonds is 6. The fourth-order valence-electron chi connectivity index (χ4n) is 1.77. The Morgan fingerprint density at radius 3 is 2.45 bits per heavy atom. The highest BCUT2D eigenvalue weighted by atomic mass is 16.6. The van der Waals surface area contributed by atoms with E-state index in [-0.39, 0.29) is 12.6 Å². The van der Waals surface area contributed by atoms with E-state index in [0.717, 1.165) is 11.6 Å². The largest absolute Gasteiger partial charge is 0.460 e. The van der Waals surface area contributed by atoms with E-state index in [4.69, 9.17) is 9.47 Å². The SMILES string of the molecule is C=CC(=O)OC[C@H](Cc1ccccc1)NC(=O)OC(C)(C)C. The van der Waals surface area contributed by atoms with Crippen LogP contribution in [0.15, 0.2) is 43.0 Å². The van der Waals surface area contributed by atoms with Crippen molar-refractivity contribution in [1.29, 1.82) is 0 Å². The Morgan fingerprint density at radius 2 is 1.91 bits per heavy atom. The summed E-state index contributed by atoms with van der Waals surface area (Å²) in [5.74, 6) is -0.524. The van der Waals surface area contributed by atoms with Gasteiger partial charge < -0.3 is 14.8 Å². The molecule has 0 aliphatic heterocycles. The highest BCUT2D eigenvalue weighted by Gasteiger charge is 2.20. The summed E-state index contributed by atoms with van der Waals surface area (Å²) in [6, 6.07) is 9.25. The molecule has 0 bridgehead atoms. The summed E-state index contributed by atoms with van der Waals surface area (Å²) < 4.78 is 10.3. The second kappa shape index (κ2) is 8.22. The Labute approximate surface area is 131 Å². The fraction of sp³-hybridized carbons (Fsp3) is 0.412. The normalized spacial score (nSPS) is 12.1. The third kappa shape index (κ3) is 7.47. The Morgan fingerprint density at radius 1 is 1.27 bits per heavy atom. The lowest BCUT2D eigenvalue weighted by atomic mass is 10.1. The average molecular weight is 305 g/mol. The minimum Gasteiger partial charge on any atom is -0.460 e. The van der Waals surface area contributed by atoms with Crippen LogP contribution < -0.4 is 5.32 Å². The summed E-state index contributed by atoms with van der Waals surface area (Å²) in [5.41, 5.74) is 0.442. The van der Waals surface area contributed by atoms with Gasteiger partial charge in [-0.25, -0.2) is 9.59 Å². The third-order valence-electron chi connectivity index (χ3n) is 2.64. The third-order valence-corrected chi connectivity index (χ3v) is 2.64. The van der Waals surface area contributed by atoms with Crippen LogP contribution in [0.2, 0.25) is 0 Å². The molecule has 0 saturated carbocycles. The summed E-state index contributed by atoms with van der Waals surface area (Å²) in [6.07, 6.45) is 1.08. The molecule has 5 heteroatoms. The first-order valence-electron chi connectivity index (χ1n) is 7.13. The molecule has 120 valence electrons. The lowest BCUT2D eigenvalue weighted by molar-refractivity contribution is -0.138. The van der Waals surface area contributed by atoms with Gasteiger partial charge in [0.05, 0.1) is 6.04 Å². The quantitative estimate of drug-likeness (QED) is 0.648. The molecule has 0 aromatic heterocycles. The average Bonchev–Trinajstić information content (AvgIpc) is 2.43. The Kier molecular flexibility index (Phi) is 6.63. The van der Waals surface area contributed by atoms with Crippen LogP contribution in [-0.4, -0.2) is 30.3 Å². The van der Waals surface area contributed by atoms with Gasteiger partial charge in [0.1, 0.15) is 12.2 Å². The fourth-order valence-corrected chi connectivity index (χ4v) is 1.77. The van der Waals surface area contributed by atoms with E-state index in [1.807, 2.05) is 30.3 Å². The van der Waals surface area contributed by atoms with E-state index >= 15 is 0 Å². The number of carbonyl (C=O) groups is 2. The number of ether oxygens (including phenoxy) is 2. The first-order valence-corrected chi connectivity index (χ1v) is 7.13. The molecule has 22 heavy (non-hydrogen) atoms. The molecule has 1 amide bonds. The van der Waals surface area contributed by atoms with Crippen LogP contribution >= 0.6 is 0 Å². The zero-order chi connectivity index (χ0) is 16.6. The van der Waals surface area contributed by atoms with Gasteiger partial charge in [0.15, 0.2) is 0 Å². The highest BCUT2D eigenvalue weighted by molar-refractivity contribution is 5.81. The van der Waals surface area contributed by atoms with Crippen molar-refractivity contribution in [3.05, 3.63) is 48.6 Å². The lowest BCUT2D eigenvalue weighted by Gasteiger charge is -2.23. The summed E-state index contributed by atoms with van der Waals surface area (Å²) in [7, 11) is 0. The van der Waals surface area contributed by atoms with Gasteiger partial charge in [-0.1, -0.05) is 36.9 Å². The van der Waals surface area contributed by atoms with E-state index in [1.165, 1.54) is 0 Å². The number of alkyl carbamates (subject to hydrolysis) is 1. The van der Waals surface area contributed by atoms with Crippen LogP contribution in [0, 0.1) is 0 Å². The van der Waals surface area contributed by atoms with E-state index in [0.29, 0.717) is 6.42 Å². The van der Waals surface area contributed by atoms with Gasteiger partial charge in [-0.05, 0) is 32.8 Å². The number of hydrogen-bond donors (Lipinski definition) is 1. The maximum atomic E-state index is 11.9. The van der Waals surface area contributed by atoms with Crippen molar-refractivity contribution in [3.63, 3.8) is 0 Å². The van der Waals surface area contributed by atoms with Crippen LogP contribution in [0.25, 0.3) is 0 Å². The van der Waals surface area contributed by atoms with Crippen LogP contribution in [0.1, 0.15) is 26.3 Å². The van der Waals surface area contributed by atoms with Gasteiger partial charge in [-0.2, -0.15) is 0 Å². The van der Waals surface area contributed by atoms with Crippen LogP contribution in [0.4, 0.5) is 4.79 Å². The van der Waals surface area contributed by atoms with Crippen molar-refractivity contribution in [2.24, 2.45) is 0 Å². The maximum absolute atomic E-state index is 11.9. The molecule has 0 saturated heterocycles. The zero-order valence-electron chi connectivity index (χ0n) is 13.3.